The van der Waals surface area contributed by atoms with Crippen molar-refractivity contribution in [3.05, 3.63) is 29.8 Å². The number of hydrogen-bond acceptors (Lipinski definition) is 3. The Morgan fingerprint density at radius 3 is 2.96 bits per heavy atom. The third-order valence-electron chi connectivity index (χ3n) is 4.88. The Labute approximate surface area is 137 Å². The summed E-state index contributed by atoms with van der Waals surface area (Å²) in [6, 6.07) is 8.31. The van der Waals surface area contributed by atoms with Crippen LogP contribution in [-0.2, 0) is 16.0 Å². The maximum Gasteiger partial charge on any atom is 0.227 e. The molecule has 3 rings (SSSR count). The predicted octanol–water partition coefficient (Wildman–Crippen LogP) is 1.57. The first-order valence-electron chi connectivity index (χ1n) is 8.53. The summed E-state index contributed by atoms with van der Waals surface area (Å²) in [5.41, 5.74) is 2.18. The molecule has 1 atom stereocenters. The highest BCUT2D eigenvalue weighted by Crippen LogP contribution is 2.28. The van der Waals surface area contributed by atoms with E-state index in [1.165, 1.54) is 5.56 Å². The van der Waals surface area contributed by atoms with Crippen molar-refractivity contribution in [1.82, 2.24) is 10.2 Å². The quantitative estimate of drug-likeness (QED) is 0.897. The molecule has 0 saturated carbocycles. The summed E-state index contributed by atoms with van der Waals surface area (Å²) in [7, 11) is 1.92. The van der Waals surface area contributed by atoms with Crippen LogP contribution in [0.4, 0.5) is 5.69 Å². The molecule has 0 bridgehead atoms. The van der Waals surface area contributed by atoms with Gasteiger partial charge in [0.05, 0.1) is 0 Å². The summed E-state index contributed by atoms with van der Waals surface area (Å²) in [4.78, 5) is 28.6. The first kappa shape index (κ1) is 16.0. The third-order valence-corrected chi connectivity index (χ3v) is 4.88. The normalized spacial score (nSPS) is 20.7. The summed E-state index contributed by atoms with van der Waals surface area (Å²) in [6.07, 6.45) is 3.88. The van der Waals surface area contributed by atoms with Gasteiger partial charge < -0.3 is 15.1 Å². The number of amides is 2. The zero-order valence-corrected chi connectivity index (χ0v) is 13.8. The van der Waals surface area contributed by atoms with E-state index in [0.29, 0.717) is 25.4 Å². The Kier molecular flexibility index (Phi) is 4.96. The van der Waals surface area contributed by atoms with Crippen LogP contribution in [0, 0.1) is 0 Å². The number of nitrogens with one attached hydrogen (secondary N) is 1. The second kappa shape index (κ2) is 7.13. The lowest BCUT2D eigenvalue weighted by Crippen LogP contribution is -2.43. The molecule has 1 aromatic carbocycles. The van der Waals surface area contributed by atoms with Gasteiger partial charge in [-0.1, -0.05) is 18.2 Å². The second-order valence-electron chi connectivity index (χ2n) is 6.36. The van der Waals surface area contributed by atoms with Crippen LogP contribution >= 0.6 is 0 Å². The molecule has 0 aliphatic carbocycles. The van der Waals surface area contributed by atoms with Crippen LogP contribution in [0.1, 0.15) is 31.2 Å². The van der Waals surface area contributed by atoms with Gasteiger partial charge in [0.1, 0.15) is 0 Å². The summed E-state index contributed by atoms with van der Waals surface area (Å²) < 4.78 is 0. The Bertz CT molecular complexity index is 587. The molecule has 2 heterocycles. The summed E-state index contributed by atoms with van der Waals surface area (Å²) >= 11 is 0. The number of carbonyl (C=O) groups is 2. The lowest BCUT2D eigenvalue weighted by molar-refractivity contribution is -0.131. The largest absolute Gasteiger partial charge is 0.338 e. The van der Waals surface area contributed by atoms with Crippen molar-refractivity contribution in [2.24, 2.45) is 0 Å². The Hall–Kier alpha value is -1.88. The maximum atomic E-state index is 12.6. The lowest BCUT2D eigenvalue weighted by atomic mass is 10.0. The zero-order chi connectivity index (χ0) is 16.2. The van der Waals surface area contributed by atoms with Gasteiger partial charge in [0.25, 0.3) is 0 Å². The van der Waals surface area contributed by atoms with Crippen LogP contribution in [0.25, 0.3) is 0 Å². The number of likely N-dealkylation sites (tertiary alicyclic amines) is 1. The van der Waals surface area contributed by atoms with Gasteiger partial charge in [-0.2, -0.15) is 0 Å². The molecule has 2 amide bonds. The monoisotopic (exact) mass is 315 g/mol. The maximum absolute atomic E-state index is 12.6. The molecule has 23 heavy (non-hydrogen) atoms. The van der Waals surface area contributed by atoms with E-state index >= 15 is 0 Å². The average molecular weight is 315 g/mol. The van der Waals surface area contributed by atoms with Crippen molar-refractivity contribution < 1.29 is 9.59 Å². The van der Waals surface area contributed by atoms with E-state index in [-0.39, 0.29) is 11.8 Å². The molecule has 1 saturated heterocycles. The zero-order valence-electron chi connectivity index (χ0n) is 13.8. The molecule has 1 aromatic rings. The molecule has 0 radical (unpaired) electrons. The number of aryl methyl sites for hydroxylation is 1. The standard InChI is InChI=1S/C18H25N3O2/c1-19-13-15-6-4-11-20(15)18(23)10-12-21-16-7-3-2-5-14(16)8-9-17(21)22/h2-3,5,7,15,19H,4,6,8-13H2,1H3. The fourth-order valence-electron chi connectivity index (χ4n) is 3.70. The lowest BCUT2D eigenvalue weighted by Gasteiger charge is -2.30. The van der Waals surface area contributed by atoms with Crippen molar-refractivity contribution in [2.75, 3.05) is 31.6 Å². The summed E-state index contributed by atoms with van der Waals surface area (Å²) in [6.45, 7) is 2.17. The number of para-hydroxylation sites is 1. The van der Waals surface area contributed by atoms with Gasteiger partial charge >= 0.3 is 0 Å². The molecule has 2 aliphatic heterocycles. The highest BCUT2D eigenvalue weighted by atomic mass is 16.2. The first-order valence-corrected chi connectivity index (χ1v) is 8.53. The topological polar surface area (TPSA) is 52.7 Å². The smallest absolute Gasteiger partial charge is 0.227 e. The first-order chi connectivity index (χ1) is 11.2. The van der Waals surface area contributed by atoms with Gasteiger partial charge in [0, 0.05) is 44.2 Å². The molecule has 1 unspecified atom stereocenters. The molecule has 5 nitrogen and oxygen atoms in total. The average Bonchev–Trinajstić information content (AvgIpc) is 3.02. The molecular weight excluding hydrogens is 290 g/mol. The van der Waals surface area contributed by atoms with Crippen LogP contribution in [0.5, 0.6) is 0 Å². The fraction of sp³-hybridized carbons (Fsp3) is 0.556. The van der Waals surface area contributed by atoms with Crippen molar-refractivity contribution in [3.8, 4) is 0 Å². The number of carbonyl (C=O) groups excluding carboxylic acids is 2. The highest BCUT2D eigenvalue weighted by Gasteiger charge is 2.29. The predicted molar refractivity (Wildman–Crippen MR) is 90.4 cm³/mol. The Morgan fingerprint density at radius 1 is 1.30 bits per heavy atom. The van der Waals surface area contributed by atoms with E-state index in [9.17, 15) is 9.59 Å². The van der Waals surface area contributed by atoms with Gasteiger partial charge in [-0.3, -0.25) is 9.59 Å². The Balaban J connectivity index is 1.64. The molecule has 0 aromatic heterocycles. The van der Waals surface area contributed by atoms with Gasteiger partial charge in [-0.05, 0) is 37.9 Å². The van der Waals surface area contributed by atoms with E-state index in [0.717, 1.165) is 38.0 Å². The number of benzene rings is 1. The highest BCUT2D eigenvalue weighted by molar-refractivity contribution is 5.97. The van der Waals surface area contributed by atoms with E-state index in [4.69, 9.17) is 0 Å². The van der Waals surface area contributed by atoms with Gasteiger partial charge in [-0.25, -0.2) is 0 Å². The van der Waals surface area contributed by atoms with Gasteiger partial charge in [0.15, 0.2) is 0 Å². The summed E-state index contributed by atoms with van der Waals surface area (Å²) in [5.74, 6) is 0.295. The number of fused-ring (bicyclic) bond motifs is 1. The molecular formula is C18H25N3O2. The van der Waals surface area contributed by atoms with E-state index in [1.807, 2.05) is 30.1 Å². The summed E-state index contributed by atoms with van der Waals surface area (Å²) in [5, 5.41) is 3.16. The molecule has 2 aliphatic rings. The molecule has 124 valence electrons. The van der Waals surface area contributed by atoms with Crippen molar-refractivity contribution >= 4 is 17.5 Å². The van der Waals surface area contributed by atoms with Gasteiger partial charge in [-0.15, -0.1) is 0 Å². The number of anilines is 1. The van der Waals surface area contributed by atoms with Crippen molar-refractivity contribution in [2.45, 2.75) is 38.1 Å². The van der Waals surface area contributed by atoms with Crippen LogP contribution in [-0.4, -0.2) is 49.4 Å². The van der Waals surface area contributed by atoms with Crippen LogP contribution in [0.15, 0.2) is 24.3 Å². The molecule has 1 fully saturated rings. The molecule has 1 N–H and O–H groups in total. The number of likely N-dealkylation sites (N-methyl/N-ethyl adjacent to an activating group) is 1. The second-order valence-corrected chi connectivity index (χ2v) is 6.36. The fourth-order valence-corrected chi connectivity index (χ4v) is 3.70. The number of nitrogens with zero attached hydrogens (tertiary/aromatic N) is 2. The molecule has 0 spiro atoms. The van der Waals surface area contributed by atoms with Crippen LogP contribution in [0.2, 0.25) is 0 Å². The van der Waals surface area contributed by atoms with E-state index in [1.54, 1.807) is 4.90 Å². The van der Waals surface area contributed by atoms with E-state index in [2.05, 4.69) is 11.4 Å². The molecule has 5 heteroatoms. The number of hydrogen-bond donors (Lipinski definition) is 1. The minimum Gasteiger partial charge on any atom is -0.338 e. The van der Waals surface area contributed by atoms with Crippen LogP contribution in [0.3, 0.4) is 0 Å². The SMILES string of the molecule is CNCC1CCCN1C(=O)CCN1C(=O)CCc2ccccc21. The van der Waals surface area contributed by atoms with Gasteiger partial charge in [0.2, 0.25) is 11.8 Å². The van der Waals surface area contributed by atoms with Crippen molar-refractivity contribution in [1.29, 1.82) is 0 Å². The third kappa shape index (κ3) is 3.39. The van der Waals surface area contributed by atoms with Crippen molar-refractivity contribution in [3.63, 3.8) is 0 Å². The Morgan fingerprint density at radius 2 is 2.13 bits per heavy atom. The van der Waals surface area contributed by atoms with Crippen LogP contribution < -0.4 is 10.2 Å². The van der Waals surface area contributed by atoms with E-state index < -0.39 is 0 Å². The minimum atomic E-state index is 0.129. The number of rotatable bonds is 5. The minimum absolute atomic E-state index is 0.129.